The highest BCUT2D eigenvalue weighted by atomic mass is 79.9. The third-order valence-corrected chi connectivity index (χ3v) is 3.94. The van der Waals surface area contributed by atoms with Crippen LogP contribution < -0.4 is 9.44 Å². The van der Waals surface area contributed by atoms with Gasteiger partial charge < -0.3 is 0 Å². The van der Waals surface area contributed by atoms with Crippen LogP contribution in [-0.2, 0) is 10.2 Å². The molecule has 0 saturated heterocycles. The van der Waals surface area contributed by atoms with Crippen molar-refractivity contribution in [2.45, 2.75) is 33.7 Å². The third-order valence-electron chi connectivity index (χ3n) is 2.06. The van der Waals surface area contributed by atoms with Crippen molar-refractivity contribution in [2.75, 3.05) is 4.72 Å². The first-order chi connectivity index (χ1) is 7.71. The van der Waals surface area contributed by atoms with Gasteiger partial charge in [0.1, 0.15) is 0 Å². The normalized spacial score (nSPS) is 11.9. The van der Waals surface area contributed by atoms with Gasteiger partial charge in [-0.25, -0.2) is 0 Å². The molecule has 2 N–H and O–H groups in total. The smallest absolute Gasteiger partial charge is 0.270 e. The first-order valence-electron chi connectivity index (χ1n) is 5.28. The van der Waals surface area contributed by atoms with Gasteiger partial charge in [-0.2, -0.15) is 13.1 Å². The predicted molar refractivity (Wildman–Crippen MR) is 74.4 cm³/mol. The summed E-state index contributed by atoms with van der Waals surface area (Å²) < 4.78 is 29.3. The van der Waals surface area contributed by atoms with E-state index in [-0.39, 0.29) is 6.04 Å². The van der Waals surface area contributed by atoms with Gasteiger partial charge in [0.2, 0.25) is 0 Å². The van der Waals surface area contributed by atoms with E-state index in [1.54, 1.807) is 13.8 Å². The molecule has 0 aliphatic rings. The fourth-order valence-corrected chi connectivity index (χ4v) is 3.64. The van der Waals surface area contributed by atoms with Gasteiger partial charge in [0, 0.05) is 10.5 Å². The number of nitrogens with one attached hydrogen (secondary N) is 2. The lowest BCUT2D eigenvalue weighted by Gasteiger charge is -2.15. The highest BCUT2D eigenvalue weighted by Gasteiger charge is 2.15. The largest absolute Gasteiger partial charge is 0.299 e. The first-order valence-corrected chi connectivity index (χ1v) is 7.55. The zero-order valence-electron chi connectivity index (χ0n) is 10.3. The molecule has 1 aromatic rings. The zero-order chi connectivity index (χ0) is 13.2. The van der Waals surface area contributed by atoms with Crippen LogP contribution in [0.3, 0.4) is 0 Å². The average molecular weight is 321 g/mol. The zero-order valence-corrected chi connectivity index (χ0v) is 12.7. The van der Waals surface area contributed by atoms with Crippen LogP contribution in [0.4, 0.5) is 5.69 Å². The predicted octanol–water partition coefficient (Wildman–Crippen LogP) is 2.72. The van der Waals surface area contributed by atoms with Crippen molar-refractivity contribution >= 4 is 31.8 Å². The average Bonchev–Trinajstić information content (AvgIpc) is 2.09. The van der Waals surface area contributed by atoms with E-state index < -0.39 is 10.2 Å². The number of hydrogen-bond donors (Lipinski definition) is 2. The van der Waals surface area contributed by atoms with Crippen molar-refractivity contribution < 1.29 is 8.42 Å². The molecule has 0 aromatic heterocycles. The Morgan fingerprint density at radius 1 is 1.24 bits per heavy atom. The van der Waals surface area contributed by atoms with E-state index in [0.717, 1.165) is 15.6 Å². The van der Waals surface area contributed by atoms with Crippen LogP contribution in [0.5, 0.6) is 0 Å². The first kappa shape index (κ1) is 14.5. The van der Waals surface area contributed by atoms with Crippen molar-refractivity contribution in [3.63, 3.8) is 0 Å². The summed E-state index contributed by atoms with van der Waals surface area (Å²) in [6.45, 7) is 7.37. The van der Waals surface area contributed by atoms with Gasteiger partial charge in [-0.05, 0) is 60.8 Å². The number of anilines is 1. The van der Waals surface area contributed by atoms with Crippen LogP contribution in [0.1, 0.15) is 25.0 Å². The summed E-state index contributed by atoms with van der Waals surface area (Å²) in [5.41, 5.74) is 2.53. The van der Waals surface area contributed by atoms with Gasteiger partial charge in [-0.1, -0.05) is 6.07 Å². The van der Waals surface area contributed by atoms with Crippen LogP contribution in [-0.4, -0.2) is 14.5 Å². The van der Waals surface area contributed by atoms with Crippen LogP contribution in [0.2, 0.25) is 0 Å². The van der Waals surface area contributed by atoms with Crippen LogP contribution in [0.15, 0.2) is 16.6 Å². The molecule has 1 aromatic carbocycles. The molecule has 6 heteroatoms. The molecule has 0 radical (unpaired) electrons. The summed E-state index contributed by atoms with van der Waals surface area (Å²) in [6, 6.07) is 3.66. The maximum atomic E-state index is 11.8. The van der Waals surface area contributed by atoms with E-state index in [4.69, 9.17) is 0 Å². The number of aryl methyl sites for hydroxylation is 2. The molecular formula is C11H17BrN2O2S. The van der Waals surface area contributed by atoms with E-state index in [2.05, 4.69) is 25.4 Å². The van der Waals surface area contributed by atoms with E-state index in [0.29, 0.717) is 5.69 Å². The second kappa shape index (κ2) is 5.37. The molecule has 0 unspecified atom stereocenters. The highest BCUT2D eigenvalue weighted by molar-refractivity contribution is 9.10. The minimum absolute atomic E-state index is 0.142. The summed E-state index contributed by atoms with van der Waals surface area (Å²) in [5.74, 6) is 0. The van der Waals surface area contributed by atoms with E-state index >= 15 is 0 Å². The summed E-state index contributed by atoms with van der Waals surface area (Å²) in [5, 5.41) is 0. The van der Waals surface area contributed by atoms with Crippen LogP contribution in [0, 0.1) is 13.8 Å². The Morgan fingerprint density at radius 2 is 1.82 bits per heavy atom. The van der Waals surface area contributed by atoms with Gasteiger partial charge in [-0.3, -0.25) is 4.72 Å². The van der Waals surface area contributed by atoms with Gasteiger partial charge in [0.05, 0.1) is 5.69 Å². The molecule has 96 valence electrons. The Hall–Kier alpha value is -0.590. The standard InChI is InChI=1S/C11H17BrN2O2S/c1-7(2)13-17(15,16)14-11-9(4)5-8(3)6-10(11)12/h5-7,13-14H,1-4H3. The maximum absolute atomic E-state index is 11.8. The Balaban J connectivity index is 3.04. The minimum atomic E-state index is -3.52. The Bertz CT molecular complexity index is 489. The van der Waals surface area contributed by atoms with E-state index in [1.807, 2.05) is 26.0 Å². The van der Waals surface area contributed by atoms with Crippen LogP contribution in [0.25, 0.3) is 0 Å². The topological polar surface area (TPSA) is 58.2 Å². The summed E-state index contributed by atoms with van der Waals surface area (Å²) in [6.07, 6.45) is 0. The molecule has 0 bridgehead atoms. The Labute approximate surface area is 111 Å². The van der Waals surface area contributed by atoms with Gasteiger partial charge in [-0.15, -0.1) is 0 Å². The molecule has 17 heavy (non-hydrogen) atoms. The molecule has 0 aliphatic heterocycles. The lowest BCUT2D eigenvalue weighted by Crippen LogP contribution is -2.35. The Morgan fingerprint density at radius 3 is 2.29 bits per heavy atom. The van der Waals surface area contributed by atoms with Gasteiger partial charge in [0.25, 0.3) is 10.2 Å². The molecule has 0 amide bonds. The fourth-order valence-electron chi connectivity index (χ4n) is 1.52. The monoisotopic (exact) mass is 320 g/mol. The fraction of sp³-hybridized carbons (Fsp3) is 0.455. The number of halogens is 1. The lowest BCUT2D eigenvalue weighted by atomic mass is 10.1. The van der Waals surface area contributed by atoms with E-state index in [9.17, 15) is 8.42 Å². The number of benzene rings is 1. The number of hydrogen-bond acceptors (Lipinski definition) is 2. The molecule has 0 fully saturated rings. The lowest BCUT2D eigenvalue weighted by molar-refractivity contribution is 0.575. The second-order valence-corrected chi connectivity index (χ2v) is 6.62. The Kier molecular flexibility index (Phi) is 4.57. The molecule has 4 nitrogen and oxygen atoms in total. The van der Waals surface area contributed by atoms with Crippen molar-refractivity contribution in [3.8, 4) is 0 Å². The van der Waals surface area contributed by atoms with Crippen molar-refractivity contribution in [1.82, 2.24) is 4.72 Å². The van der Waals surface area contributed by atoms with Gasteiger partial charge in [0.15, 0.2) is 0 Å². The molecule has 0 atom stereocenters. The SMILES string of the molecule is Cc1cc(C)c(NS(=O)(=O)NC(C)C)c(Br)c1. The van der Waals surface area contributed by atoms with Crippen molar-refractivity contribution in [2.24, 2.45) is 0 Å². The molecule has 1 rings (SSSR count). The van der Waals surface area contributed by atoms with Gasteiger partial charge >= 0.3 is 0 Å². The van der Waals surface area contributed by atoms with Crippen LogP contribution >= 0.6 is 15.9 Å². The molecular weight excluding hydrogens is 304 g/mol. The van der Waals surface area contributed by atoms with Crippen molar-refractivity contribution in [3.05, 3.63) is 27.7 Å². The minimum Gasteiger partial charge on any atom is -0.270 e. The molecule has 0 saturated carbocycles. The second-order valence-electron chi connectivity index (χ2n) is 4.32. The quantitative estimate of drug-likeness (QED) is 0.896. The summed E-state index contributed by atoms with van der Waals surface area (Å²) >= 11 is 3.36. The number of rotatable bonds is 4. The molecule has 0 aliphatic carbocycles. The van der Waals surface area contributed by atoms with Crippen molar-refractivity contribution in [1.29, 1.82) is 0 Å². The highest BCUT2D eigenvalue weighted by Crippen LogP contribution is 2.28. The molecule has 0 heterocycles. The summed E-state index contributed by atoms with van der Waals surface area (Å²) in [7, 11) is -3.52. The molecule has 0 spiro atoms. The maximum Gasteiger partial charge on any atom is 0.299 e. The summed E-state index contributed by atoms with van der Waals surface area (Å²) in [4.78, 5) is 0. The van der Waals surface area contributed by atoms with E-state index in [1.165, 1.54) is 0 Å². The third kappa shape index (κ3) is 4.29.